The summed E-state index contributed by atoms with van der Waals surface area (Å²) < 4.78 is 5.50. The molecule has 0 aliphatic carbocycles. The van der Waals surface area contributed by atoms with Crippen molar-refractivity contribution >= 4 is 11.8 Å². The lowest BCUT2D eigenvalue weighted by Crippen LogP contribution is -2.56. The van der Waals surface area contributed by atoms with Crippen LogP contribution in [0.1, 0.15) is 38.2 Å². The molecule has 0 aromatic heterocycles. The maximum absolute atomic E-state index is 12.5. The fourth-order valence-electron chi connectivity index (χ4n) is 3.77. The van der Waals surface area contributed by atoms with Gasteiger partial charge in [0.1, 0.15) is 6.10 Å². The van der Waals surface area contributed by atoms with Crippen LogP contribution in [0.25, 0.3) is 0 Å². The second-order valence-electron chi connectivity index (χ2n) is 7.60. The van der Waals surface area contributed by atoms with Crippen LogP contribution in [-0.4, -0.2) is 73.1 Å². The van der Waals surface area contributed by atoms with Crippen molar-refractivity contribution in [3.8, 4) is 0 Å². The Kier molecular flexibility index (Phi) is 6.85. The first-order valence-electron chi connectivity index (χ1n) is 10.0. The second kappa shape index (κ2) is 9.33. The number of carbonyl (C=O) groups is 2. The molecule has 148 valence electrons. The van der Waals surface area contributed by atoms with Crippen LogP contribution in [0.3, 0.4) is 0 Å². The summed E-state index contributed by atoms with van der Waals surface area (Å²) in [5.41, 5.74) is 1.23. The highest BCUT2D eigenvalue weighted by Crippen LogP contribution is 2.17. The predicted octanol–water partition coefficient (Wildman–Crippen LogP) is 1.62. The van der Waals surface area contributed by atoms with Crippen molar-refractivity contribution in [2.75, 3.05) is 39.3 Å². The third kappa shape index (κ3) is 5.08. The molecule has 2 aliphatic heterocycles. The normalized spacial score (nSPS) is 23.0. The Labute approximate surface area is 161 Å². The van der Waals surface area contributed by atoms with Crippen molar-refractivity contribution in [3.05, 3.63) is 35.9 Å². The maximum atomic E-state index is 12.5. The van der Waals surface area contributed by atoms with E-state index in [2.05, 4.69) is 29.3 Å². The Bertz CT molecular complexity index is 623. The van der Waals surface area contributed by atoms with Crippen molar-refractivity contribution in [1.29, 1.82) is 0 Å². The summed E-state index contributed by atoms with van der Waals surface area (Å²) in [5.74, 6) is 0.445. The second-order valence-corrected chi connectivity index (χ2v) is 7.60. The number of rotatable bonds is 6. The zero-order valence-corrected chi connectivity index (χ0v) is 16.4. The molecule has 6 heteroatoms. The molecule has 27 heavy (non-hydrogen) atoms. The van der Waals surface area contributed by atoms with Crippen molar-refractivity contribution in [3.63, 3.8) is 0 Å². The lowest BCUT2D eigenvalue weighted by Gasteiger charge is -2.38. The quantitative estimate of drug-likeness (QED) is 0.823. The Hall–Kier alpha value is -1.92. The number of carbonyl (C=O) groups excluding carboxylic acids is 2. The van der Waals surface area contributed by atoms with E-state index >= 15 is 0 Å². The molecule has 2 amide bonds. The number of hydrogen-bond acceptors (Lipinski definition) is 4. The van der Waals surface area contributed by atoms with Gasteiger partial charge in [-0.05, 0) is 31.2 Å². The largest absolute Gasteiger partial charge is 0.368 e. The molecular formula is C21H31N3O3. The Balaban J connectivity index is 1.42. The standard InChI is InChI=1S/C21H31N3O3/c1-16(18-7-4-3-5-8-18)15-22-20(25)17(2)23-10-12-24(13-11-23)21(26)19-9-6-14-27-19/h3-5,7-8,16-17,19H,6,9-15H2,1-2H3,(H,22,25). The third-order valence-electron chi connectivity index (χ3n) is 5.71. The minimum Gasteiger partial charge on any atom is -0.368 e. The van der Waals surface area contributed by atoms with Gasteiger partial charge >= 0.3 is 0 Å². The Morgan fingerprint density at radius 3 is 2.48 bits per heavy atom. The number of nitrogens with one attached hydrogen (secondary N) is 1. The number of nitrogens with zero attached hydrogens (tertiary/aromatic N) is 2. The zero-order chi connectivity index (χ0) is 19.2. The number of benzene rings is 1. The van der Waals surface area contributed by atoms with Crippen LogP contribution >= 0.6 is 0 Å². The summed E-state index contributed by atoms with van der Waals surface area (Å²) in [7, 11) is 0. The Morgan fingerprint density at radius 2 is 1.85 bits per heavy atom. The Morgan fingerprint density at radius 1 is 1.15 bits per heavy atom. The van der Waals surface area contributed by atoms with Gasteiger partial charge < -0.3 is 15.0 Å². The molecule has 2 fully saturated rings. The molecule has 0 spiro atoms. The molecule has 0 radical (unpaired) electrons. The summed E-state index contributed by atoms with van der Waals surface area (Å²) in [6.45, 7) is 8.16. The number of amides is 2. The van der Waals surface area contributed by atoms with Gasteiger partial charge in [-0.1, -0.05) is 37.3 Å². The van der Waals surface area contributed by atoms with E-state index in [4.69, 9.17) is 4.74 Å². The highest BCUT2D eigenvalue weighted by molar-refractivity contribution is 5.82. The van der Waals surface area contributed by atoms with Gasteiger partial charge in [-0.25, -0.2) is 0 Å². The zero-order valence-electron chi connectivity index (χ0n) is 16.4. The molecular weight excluding hydrogens is 342 g/mol. The average Bonchev–Trinajstić information content (AvgIpc) is 3.26. The molecule has 1 N–H and O–H groups in total. The fraction of sp³-hybridized carbons (Fsp3) is 0.619. The lowest BCUT2D eigenvalue weighted by atomic mass is 10.0. The van der Waals surface area contributed by atoms with Gasteiger partial charge in [0.05, 0.1) is 6.04 Å². The minimum atomic E-state index is -0.253. The monoisotopic (exact) mass is 373 g/mol. The molecule has 3 atom stereocenters. The summed E-state index contributed by atoms with van der Waals surface area (Å²) in [4.78, 5) is 29.0. The van der Waals surface area contributed by atoms with Crippen LogP contribution in [0.4, 0.5) is 0 Å². The van der Waals surface area contributed by atoms with Gasteiger partial charge in [0.2, 0.25) is 5.91 Å². The van der Waals surface area contributed by atoms with E-state index in [9.17, 15) is 9.59 Å². The van der Waals surface area contributed by atoms with E-state index in [1.165, 1.54) is 5.56 Å². The van der Waals surface area contributed by atoms with Gasteiger partial charge in [0.15, 0.2) is 0 Å². The van der Waals surface area contributed by atoms with Crippen LogP contribution < -0.4 is 5.32 Å². The predicted molar refractivity (Wildman–Crippen MR) is 104 cm³/mol. The van der Waals surface area contributed by atoms with Crippen LogP contribution in [0.5, 0.6) is 0 Å². The first-order valence-corrected chi connectivity index (χ1v) is 10.0. The molecule has 6 nitrogen and oxygen atoms in total. The molecule has 3 unspecified atom stereocenters. The fourth-order valence-corrected chi connectivity index (χ4v) is 3.77. The number of hydrogen-bond donors (Lipinski definition) is 1. The lowest BCUT2D eigenvalue weighted by molar-refractivity contribution is -0.143. The van der Waals surface area contributed by atoms with Crippen LogP contribution in [0.2, 0.25) is 0 Å². The van der Waals surface area contributed by atoms with E-state index in [-0.39, 0.29) is 29.9 Å². The van der Waals surface area contributed by atoms with Gasteiger partial charge in [0.25, 0.3) is 5.91 Å². The first kappa shape index (κ1) is 19.8. The van der Waals surface area contributed by atoms with Crippen LogP contribution in [0.15, 0.2) is 30.3 Å². The molecule has 0 saturated carbocycles. The SMILES string of the molecule is CC(CNC(=O)C(C)N1CCN(C(=O)C2CCCO2)CC1)c1ccccc1. The summed E-state index contributed by atoms with van der Waals surface area (Å²) in [5, 5.41) is 3.08. The van der Waals surface area contributed by atoms with Crippen molar-refractivity contribution in [2.45, 2.75) is 44.8 Å². The van der Waals surface area contributed by atoms with Crippen molar-refractivity contribution < 1.29 is 14.3 Å². The van der Waals surface area contributed by atoms with E-state index < -0.39 is 0 Å². The van der Waals surface area contributed by atoms with Gasteiger partial charge in [-0.3, -0.25) is 14.5 Å². The van der Waals surface area contributed by atoms with Gasteiger partial charge in [-0.15, -0.1) is 0 Å². The molecule has 2 aliphatic rings. The molecule has 3 rings (SSSR count). The van der Waals surface area contributed by atoms with Crippen molar-refractivity contribution in [2.24, 2.45) is 0 Å². The van der Waals surface area contributed by atoms with E-state index in [0.717, 1.165) is 25.9 Å². The molecule has 0 bridgehead atoms. The summed E-state index contributed by atoms with van der Waals surface area (Å²) >= 11 is 0. The first-order chi connectivity index (χ1) is 13.1. The molecule has 2 heterocycles. The highest BCUT2D eigenvalue weighted by Gasteiger charge is 2.32. The smallest absolute Gasteiger partial charge is 0.251 e. The number of piperazine rings is 1. The topological polar surface area (TPSA) is 61.9 Å². The molecule has 2 saturated heterocycles. The molecule has 1 aromatic rings. The van der Waals surface area contributed by atoms with Gasteiger partial charge in [0, 0.05) is 39.3 Å². The minimum absolute atomic E-state index is 0.0525. The van der Waals surface area contributed by atoms with E-state index in [1.807, 2.05) is 30.0 Å². The maximum Gasteiger partial charge on any atom is 0.251 e. The van der Waals surface area contributed by atoms with E-state index in [1.54, 1.807) is 0 Å². The van der Waals surface area contributed by atoms with E-state index in [0.29, 0.717) is 26.2 Å². The van der Waals surface area contributed by atoms with Gasteiger partial charge in [-0.2, -0.15) is 0 Å². The molecule has 1 aromatic carbocycles. The number of ether oxygens (including phenoxy) is 1. The summed E-state index contributed by atoms with van der Waals surface area (Å²) in [6, 6.07) is 10.0. The van der Waals surface area contributed by atoms with Crippen molar-refractivity contribution in [1.82, 2.24) is 15.1 Å². The third-order valence-corrected chi connectivity index (χ3v) is 5.71. The van der Waals surface area contributed by atoms with Crippen LogP contribution in [-0.2, 0) is 14.3 Å². The summed E-state index contributed by atoms with van der Waals surface area (Å²) in [6.07, 6.45) is 1.55. The average molecular weight is 373 g/mol. The highest BCUT2D eigenvalue weighted by atomic mass is 16.5. The van der Waals surface area contributed by atoms with Crippen LogP contribution in [0, 0.1) is 0 Å².